The number of aliphatic hydroxyl groups is 15. The first kappa shape index (κ1) is 51.7. The molecule has 0 aromatic carbocycles. The smallest absolute Gasteiger partial charge is 0.217 e. The van der Waals surface area contributed by atoms with Crippen molar-refractivity contribution >= 4 is 11.8 Å². The first-order chi connectivity index (χ1) is 28.7. The van der Waals surface area contributed by atoms with Crippen LogP contribution in [-0.4, -0.2) is 269 Å². The maximum Gasteiger partial charge on any atom is 0.217 e. The van der Waals surface area contributed by atoms with E-state index in [2.05, 4.69) is 10.6 Å². The van der Waals surface area contributed by atoms with Crippen molar-refractivity contribution in [2.45, 2.75) is 168 Å². The summed E-state index contributed by atoms with van der Waals surface area (Å²) in [5.74, 6) is -1.50. The zero-order chi connectivity index (χ0) is 45.6. The molecule has 4 saturated heterocycles. The third kappa shape index (κ3) is 11.8. The van der Waals surface area contributed by atoms with E-state index in [1.165, 1.54) is 6.92 Å². The summed E-state index contributed by atoms with van der Waals surface area (Å²) >= 11 is 0. The predicted octanol–water partition coefficient (Wildman–Crippen LogP) is -11.0. The largest absolute Gasteiger partial charge is 0.394 e. The number of carbonyl (C=O) groups excluding carboxylic acids is 2. The van der Waals surface area contributed by atoms with Gasteiger partial charge in [0.05, 0.1) is 45.2 Å². The molecule has 0 bridgehead atoms. The lowest BCUT2D eigenvalue weighted by molar-refractivity contribution is -0.401. The van der Waals surface area contributed by atoms with Gasteiger partial charge in [-0.3, -0.25) is 9.59 Å². The average Bonchev–Trinajstić information content (AvgIpc) is 3.23. The zero-order valence-corrected chi connectivity index (χ0v) is 33.2. The molecule has 0 aromatic rings. The van der Waals surface area contributed by atoms with E-state index in [9.17, 15) is 86.2 Å². The lowest BCUT2D eigenvalue weighted by atomic mass is 9.94. The molecule has 27 heteroatoms. The predicted molar refractivity (Wildman–Crippen MR) is 191 cm³/mol. The molecule has 4 fully saturated rings. The van der Waals surface area contributed by atoms with Crippen LogP contribution in [-0.2, 0) is 47.5 Å². The lowest BCUT2D eigenvalue weighted by Gasteiger charge is -2.50. The van der Waals surface area contributed by atoms with Crippen molar-refractivity contribution in [3.63, 3.8) is 0 Å². The van der Waals surface area contributed by atoms with Gasteiger partial charge in [-0.15, -0.1) is 0 Å². The van der Waals surface area contributed by atoms with Crippen LogP contribution < -0.4 is 10.6 Å². The summed E-state index contributed by atoms with van der Waals surface area (Å²) in [7, 11) is 0. The molecule has 0 unspecified atom stereocenters. The van der Waals surface area contributed by atoms with Crippen LogP contribution in [0.4, 0.5) is 0 Å². The van der Waals surface area contributed by atoms with E-state index in [4.69, 9.17) is 37.9 Å². The number of hydrogen-bond donors (Lipinski definition) is 17. The summed E-state index contributed by atoms with van der Waals surface area (Å²) in [6, 6.07) is -3.12. The normalized spacial score (nSPS) is 44.1. The highest BCUT2D eigenvalue weighted by atomic mass is 16.8. The van der Waals surface area contributed by atoms with E-state index >= 15 is 0 Å². The Labute approximate surface area is 347 Å². The Morgan fingerprint density at radius 3 is 1.64 bits per heavy atom. The highest BCUT2D eigenvalue weighted by molar-refractivity contribution is 5.73. The van der Waals surface area contributed by atoms with Crippen molar-refractivity contribution in [3.05, 3.63) is 0 Å². The van der Waals surface area contributed by atoms with Crippen LogP contribution in [0.1, 0.15) is 20.8 Å². The molecule has 24 atom stereocenters. The molecule has 17 N–H and O–H groups in total. The number of ether oxygens (including phenoxy) is 8. The first-order valence-corrected chi connectivity index (χ1v) is 19.4. The van der Waals surface area contributed by atoms with E-state index in [0.29, 0.717) is 0 Å². The van der Waals surface area contributed by atoms with E-state index in [1.54, 1.807) is 0 Å². The van der Waals surface area contributed by atoms with Gasteiger partial charge in [0.15, 0.2) is 25.2 Å². The van der Waals surface area contributed by atoms with Crippen LogP contribution in [0.3, 0.4) is 0 Å². The minimum Gasteiger partial charge on any atom is -0.394 e. The molecule has 4 aliphatic rings. The molecule has 2 amide bonds. The van der Waals surface area contributed by atoms with Crippen molar-refractivity contribution in [2.24, 2.45) is 0 Å². The number of aliphatic hydroxyl groups excluding tert-OH is 15. The van der Waals surface area contributed by atoms with E-state index in [0.717, 1.165) is 13.8 Å². The Balaban J connectivity index is 1.71. The Hall–Kier alpha value is -1.98. The van der Waals surface area contributed by atoms with Gasteiger partial charge in [0.2, 0.25) is 11.8 Å². The van der Waals surface area contributed by atoms with Crippen molar-refractivity contribution < 1.29 is 124 Å². The molecule has 0 spiro atoms. The number of nitrogens with one attached hydrogen (secondary N) is 2. The minimum absolute atomic E-state index is 0.725. The number of rotatable bonds is 18. The maximum atomic E-state index is 12.1. The first-order valence-electron chi connectivity index (χ1n) is 19.4. The van der Waals surface area contributed by atoms with Crippen LogP contribution in [0.25, 0.3) is 0 Å². The molecule has 61 heavy (non-hydrogen) atoms. The van der Waals surface area contributed by atoms with Crippen molar-refractivity contribution in [1.82, 2.24) is 10.6 Å². The standard InChI is InChI=1S/C34H60N2O25/c1-9-18(45)23(50)25(52)32(54-9)61-30-29(21(48)15(7-40)56-34(30)58-27(19(46)13(44)5-38)12(4-37)35-10(2)42)60-33-26(53)24(51)28(16(8-41)57-33)59-31-17(36-11(3)43)22(49)20(47)14(6-39)55-31/h9,12-34,37-41,44-53H,4-8H2,1-3H3,(H,35,42)(H,36,43)/t9-,12+,13-,14-,15-,16-,17-,18+,19+,20-,21+,22-,23+,24-,25-,26-,27-,28+,29+,30-,31-,32-,33+,34+/m1/s1. The van der Waals surface area contributed by atoms with Gasteiger partial charge >= 0.3 is 0 Å². The Kier molecular flexibility index (Phi) is 19.3. The fourth-order valence-electron chi connectivity index (χ4n) is 7.35. The number of carbonyl (C=O) groups is 2. The second-order valence-corrected chi connectivity index (χ2v) is 15.2. The number of amides is 2. The molecule has 0 aromatic heterocycles. The topological polar surface area (TPSA) is 435 Å². The lowest BCUT2D eigenvalue weighted by Crippen LogP contribution is -2.69. The Morgan fingerprint density at radius 1 is 0.557 bits per heavy atom. The fourth-order valence-corrected chi connectivity index (χ4v) is 7.35. The summed E-state index contributed by atoms with van der Waals surface area (Å²) in [6.45, 7) is -1.55. The summed E-state index contributed by atoms with van der Waals surface area (Å²) in [5, 5.41) is 163. The monoisotopic (exact) mass is 896 g/mol. The summed E-state index contributed by atoms with van der Waals surface area (Å²) in [5.41, 5.74) is 0. The maximum absolute atomic E-state index is 12.1. The molecule has 27 nitrogen and oxygen atoms in total. The summed E-state index contributed by atoms with van der Waals surface area (Å²) in [6.07, 6.45) is -41.5. The van der Waals surface area contributed by atoms with Gasteiger partial charge in [-0.25, -0.2) is 0 Å². The fraction of sp³-hybridized carbons (Fsp3) is 0.941. The second kappa shape index (κ2) is 22.8. The van der Waals surface area contributed by atoms with Gasteiger partial charge in [0, 0.05) is 13.8 Å². The molecule has 4 heterocycles. The van der Waals surface area contributed by atoms with E-state index in [1.807, 2.05) is 0 Å². The van der Waals surface area contributed by atoms with E-state index < -0.39 is 192 Å². The molecule has 0 aliphatic carbocycles. The molecule has 0 saturated carbocycles. The second-order valence-electron chi connectivity index (χ2n) is 15.2. The van der Waals surface area contributed by atoms with Crippen LogP contribution in [0.2, 0.25) is 0 Å². The molecule has 0 radical (unpaired) electrons. The Morgan fingerprint density at radius 2 is 1.08 bits per heavy atom. The van der Waals surface area contributed by atoms with Crippen molar-refractivity contribution in [2.75, 3.05) is 33.0 Å². The van der Waals surface area contributed by atoms with Crippen LogP contribution in [0.5, 0.6) is 0 Å². The average molecular weight is 897 g/mol. The third-order valence-corrected chi connectivity index (χ3v) is 10.7. The molecule has 4 rings (SSSR count). The third-order valence-electron chi connectivity index (χ3n) is 10.7. The van der Waals surface area contributed by atoms with Crippen molar-refractivity contribution in [3.8, 4) is 0 Å². The highest BCUT2D eigenvalue weighted by Crippen LogP contribution is 2.36. The molecular formula is C34H60N2O25. The zero-order valence-electron chi connectivity index (χ0n) is 33.2. The van der Waals surface area contributed by atoms with Gasteiger partial charge in [-0.1, -0.05) is 0 Å². The van der Waals surface area contributed by atoms with Crippen molar-refractivity contribution in [1.29, 1.82) is 0 Å². The van der Waals surface area contributed by atoms with Gasteiger partial charge < -0.3 is 125 Å². The number of hydrogen-bond acceptors (Lipinski definition) is 25. The summed E-state index contributed by atoms with van der Waals surface area (Å²) in [4.78, 5) is 24.0. The Bertz CT molecular complexity index is 1370. The van der Waals surface area contributed by atoms with Gasteiger partial charge in [-0.2, -0.15) is 0 Å². The van der Waals surface area contributed by atoms with Crippen LogP contribution >= 0.6 is 0 Å². The molecule has 356 valence electrons. The van der Waals surface area contributed by atoms with Crippen LogP contribution in [0.15, 0.2) is 0 Å². The molecule has 4 aliphatic heterocycles. The van der Waals surface area contributed by atoms with E-state index in [-0.39, 0.29) is 0 Å². The quantitative estimate of drug-likeness (QED) is 0.0607. The highest BCUT2D eigenvalue weighted by Gasteiger charge is 2.57. The molecular weight excluding hydrogens is 836 g/mol. The van der Waals surface area contributed by atoms with Gasteiger partial charge in [-0.05, 0) is 6.92 Å². The van der Waals surface area contributed by atoms with Crippen LogP contribution in [0, 0.1) is 0 Å². The SMILES string of the molecule is CC(=O)N[C@H]1[C@@H](O[C@@H]2[C@H](O)[C@@H](O)[C@H](O[C@H]3[C@@H](O)[C@@H](CO)O[C@@H](O[C@@H]([C@@H](O)[C@H](O)CO)[C@H](CO)NC(C)=O)[C@@H]3O[C@H]3O[C@H](C)[C@H](O)[C@H](O)[C@H]3O)O[C@@H]2CO)O[C@H](CO)[C@@H](O)[C@@H]1O. The van der Waals surface area contributed by atoms with Gasteiger partial charge in [0.25, 0.3) is 0 Å². The minimum atomic E-state index is -2.22. The van der Waals surface area contributed by atoms with Gasteiger partial charge in [0.1, 0.15) is 110 Å². The summed E-state index contributed by atoms with van der Waals surface area (Å²) < 4.78 is 46.3.